The Kier molecular flexibility index (Phi) is 3.75. The Morgan fingerprint density at radius 3 is 3.19 bits per heavy atom. The summed E-state index contributed by atoms with van der Waals surface area (Å²) in [6, 6.07) is 1.93. The van der Waals surface area contributed by atoms with E-state index in [1.54, 1.807) is 33.6 Å². The highest BCUT2D eigenvalue weighted by Crippen LogP contribution is 2.35. The minimum atomic E-state index is -0.0102. The van der Waals surface area contributed by atoms with Crippen LogP contribution < -0.4 is 5.56 Å². The molecule has 4 aromatic rings. The second kappa shape index (κ2) is 6.14. The van der Waals surface area contributed by atoms with E-state index >= 15 is 0 Å². The summed E-state index contributed by atoms with van der Waals surface area (Å²) in [6.45, 7) is 2.52. The fraction of sp³-hybridized carbons (Fsp3) is 0.333. The lowest BCUT2D eigenvalue weighted by Crippen LogP contribution is -2.22. The molecule has 1 aliphatic rings. The van der Waals surface area contributed by atoms with Gasteiger partial charge in [-0.15, -0.1) is 11.3 Å². The van der Waals surface area contributed by atoms with Crippen LogP contribution in [0.3, 0.4) is 0 Å². The standard InChI is InChI=1S/C18H16N4O2S2/c1-10-2-3-12-13(6-10)26-17-15(12)18(23)22(9-19-17)7-14-20-16(24-21-14)11-4-5-25-8-11/h4-5,8-10H,2-3,6-7H2,1H3. The number of hydrogen-bond donors (Lipinski definition) is 0. The van der Waals surface area contributed by atoms with Crippen LogP contribution in [0.4, 0.5) is 0 Å². The van der Waals surface area contributed by atoms with Gasteiger partial charge in [0.2, 0.25) is 0 Å². The predicted molar refractivity (Wildman–Crippen MR) is 102 cm³/mol. The summed E-state index contributed by atoms with van der Waals surface area (Å²) in [4.78, 5) is 24.1. The fourth-order valence-corrected chi connectivity index (χ4v) is 5.42. The number of fused-ring (bicyclic) bond motifs is 3. The van der Waals surface area contributed by atoms with E-state index in [4.69, 9.17) is 4.52 Å². The highest BCUT2D eigenvalue weighted by molar-refractivity contribution is 7.18. The summed E-state index contributed by atoms with van der Waals surface area (Å²) in [5, 5.41) is 8.70. The number of rotatable bonds is 3. The third-order valence-corrected chi connectivity index (χ3v) is 6.68. The molecule has 1 unspecified atom stereocenters. The zero-order chi connectivity index (χ0) is 17.7. The Hall–Kier alpha value is -2.32. The van der Waals surface area contributed by atoms with E-state index in [1.165, 1.54) is 10.4 Å². The summed E-state index contributed by atoms with van der Waals surface area (Å²) < 4.78 is 6.89. The Morgan fingerprint density at radius 1 is 1.42 bits per heavy atom. The third kappa shape index (κ3) is 2.60. The Morgan fingerprint density at radius 2 is 2.35 bits per heavy atom. The molecule has 0 saturated heterocycles. The van der Waals surface area contributed by atoms with Crippen LogP contribution in [0, 0.1) is 5.92 Å². The first-order valence-electron chi connectivity index (χ1n) is 8.54. The number of nitrogens with zero attached hydrogens (tertiary/aromatic N) is 4. The highest BCUT2D eigenvalue weighted by Gasteiger charge is 2.23. The zero-order valence-corrected chi connectivity index (χ0v) is 15.8. The van der Waals surface area contributed by atoms with Gasteiger partial charge in [-0.2, -0.15) is 16.3 Å². The van der Waals surface area contributed by atoms with Gasteiger partial charge < -0.3 is 4.52 Å². The number of hydrogen-bond acceptors (Lipinski definition) is 7. The summed E-state index contributed by atoms with van der Waals surface area (Å²) in [5.74, 6) is 1.63. The molecule has 0 spiro atoms. The van der Waals surface area contributed by atoms with E-state index < -0.39 is 0 Å². The fourth-order valence-electron chi connectivity index (χ4n) is 3.45. The molecule has 1 atom stereocenters. The van der Waals surface area contributed by atoms with Gasteiger partial charge in [-0.3, -0.25) is 9.36 Å². The van der Waals surface area contributed by atoms with Crippen LogP contribution in [-0.2, 0) is 19.4 Å². The molecule has 0 fully saturated rings. The van der Waals surface area contributed by atoms with Crippen LogP contribution >= 0.6 is 22.7 Å². The molecule has 8 heteroatoms. The quantitative estimate of drug-likeness (QED) is 0.538. The van der Waals surface area contributed by atoms with Crippen molar-refractivity contribution in [3.8, 4) is 11.5 Å². The van der Waals surface area contributed by atoms with Crippen molar-refractivity contribution in [1.82, 2.24) is 19.7 Å². The average molecular weight is 384 g/mol. The summed E-state index contributed by atoms with van der Waals surface area (Å²) in [7, 11) is 0. The normalized spacial score (nSPS) is 16.9. The highest BCUT2D eigenvalue weighted by atomic mass is 32.1. The van der Waals surface area contributed by atoms with E-state index in [-0.39, 0.29) is 12.1 Å². The minimum Gasteiger partial charge on any atom is -0.334 e. The van der Waals surface area contributed by atoms with Gasteiger partial charge in [-0.25, -0.2) is 4.98 Å². The van der Waals surface area contributed by atoms with Crippen molar-refractivity contribution in [1.29, 1.82) is 0 Å². The number of aromatic nitrogens is 4. The number of aryl methyl sites for hydroxylation is 1. The molecule has 1 aliphatic carbocycles. The molecule has 0 saturated carbocycles. The molecular formula is C18H16N4O2S2. The SMILES string of the molecule is CC1CCc2c(sc3ncn(Cc4noc(-c5ccsc5)n4)c(=O)c23)C1. The lowest BCUT2D eigenvalue weighted by atomic mass is 9.89. The van der Waals surface area contributed by atoms with Crippen LogP contribution in [0.2, 0.25) is 0 Å². The van der Waals surface area contributed by atoms with Gasteiger partial charge in [0.25, 0.3) is 11.4 Å². The van der Waals surface area contributed by atoms with Gasteiger partial charge in [-0.1, -0.05) is 12.1 Å². The van der Waals surface area contributed by atoms with Gasteiger partial charge in [0.1, 0.15) is 4.83 Å². The lowest BCUT2D eigenvalue weighted by Gasteiger charge is -2.17. The van der Waals surface area contributed by atoms with Gasteiger partial charge >= 0.3 is 0 Å². The maximum absolute atomic E-state index is 13.0. The van der Waals surface area contributed by atoms with E-state index in [2.05, 4.69) is 22.0 Å². The first kappa shape index (κ1) is 15.9. The smallest absolute Gasteiger partial charge is 0.262 e. The summed E-state index contributed by atoms with van der Waals surface area (Å²) in [5.41, 5.74) is 2.08. The molecular weight excluding hydrogens is 368 g/mol. The van der Waals surface area contributed by atoms with E-state index in [0.717, 1.165) is 35.0 Å². The van der Waals surface area contributed by atoms with Crippen LogP contribution in [0.5, 0.6) is 0 Å². The average Bonchev–Trinajstić information content (AvgIpc) is 3.35. The van der Waals surface area contributed by atoms with Gasteiger partial charge in [-0.05, 0) is 42.2 Å². The molecule has 6 nitrogen and oxygen atoms in total. The van der Waals surface area contributed by atoms with Crippen molar-refractivity contribution in [2.75, 3.05) is 0 Å². The van der Waals surface area contributed by atoms with Crippen molar-refractivity contribution >= 4 is 32.9 Å². The van der Waals surface area contributed by atoms with Crippen molar-refractivity contribution in [2.24, 2.45) is 5.92 Å². The molecule has 0 amide bonds. The monoisotopic (exact) mass is 384 g/mol. The van der Waals surface area contributed by atoms with Crippen molar-refractivity contribution < 1.29 is 4.52 Å². The molecule has 132 valence electrons. The van der Waals surface area contributed by atoms with Gasteiger partial charge in [0.15, 0.2) is 5.82 Å². The lowest BCUT2D eigenvalue weighted by molar-refractivity contribution is 0.420. The second-order valence-corrected chi connectivity index (χ2v) is 8.60. The van der Waals surface area contributed by atoms with Crippen LogP contribution in [0.25, 0.3) is 21.7 Å². The zero-order valence-electron chi connectivity index (χ0n) is 14.1. The van der Waals surface area contributed by atoms with E-state index in [9.17, 15) is 4.79 Å². The molecule has 5 rings (SSSR count). The Balaban J connectivity index is 1.52. The minimum absolute atomic E-state index is 0.0102. The maximum atomic E-state index is 13.0. The topological polar surface area (TPSA) is 73.8 Å². The molecule has 26 heavy (non-hydrogen) atoms. The largest absolute Gasteiger partial charge is 0.334 e. The van der Waals surface area contributed by atoms with E-state index in [0.29, 0.717) is 17.6 Å². The maximum Gasteiger partial charge on any atom is 0.262 e. The molecule has 0 aromatic carbocycles. The summed E-state index contributed by atoms with van der Waals surface area (Å²) in [6.07, 6.45) is 4.73. The van der Waals surface area contributed by atoms with Crippen molar-refractivity contribution in [2.45, 2.75) is 32.7 Å². The molecule has 0 radical (unpaired) electrons. The predicted octanol–water partition coefficient (Wildman–Crippen LogP) is 3.74. The van der Waals surface area contributed by atoms with Gasteiger partial charge in [0.05, 0.1) is 23.8 Å². The van der Waals surface area contributed by atoms with Crippen LogP contribution in [0.15, 0.2) is 32.5 Å². The number of thiophene rings is 2. The first-order valence-corrected chi connectivity index (χ1v) is 10.3. The Bertz CT molecular complexity index is 1140. The van der Waals surface area contributed by atoms with Crippen molar-refractivity contribution in [3.63, 3.8) is 0 Å². The summed E-state index contributed by atoms with van der Waals surface area (Å²) >= 11 is 3.24. The van der Waals surface area contributed by atoms with Crippen LogP contribution in [-0.4, -0.2) is 19.7 Å². The molecule has 0 aliphatic heterocycles. The molecule has 4 heterocycles. The van der Waals surface area contributed by atoms with E-state index in [1.807, 2.05) is 16.8 Å². The Labute approximate surface area is 157 Å². The first-order chi connectivity index (χ1) is 12.7. The molecule has 0 N–H and O–H groups in total. The third-order valence-electron chi connectivity index (χ3n) is 4.83. The van der Waals surface area contributed by atoms with Gasteiger partial charge in [0, 0.05) is 10.3 Å². The molecule has 0 bridgehead atoms. The molecule has 4 aromatic heterocycles. The van der Waals surface area contributed by atoms with Crippen molar-refractivity contribution in [3.05, 3.63) is 49.8 Å². The second-order valence-electron chi connectivity index (χ2n) is 6.74. The van der Waals surface area contributed by atoms with Crippen LogP contribution in [0.1, 0.15) is 29.6 Å².